The molecule has 1 saturated heterocycles. The molecule has 50 heteroatoms. The van der Waals surface area contributed by atoms with Crippen LogP contribution in [0.4, 0.5) is 11.4 Å². The van der Waals surface area contributed by atoms with Crippen LogP contribution in [-0.4, -0.2) is 270 Å². The molecule has 4 rings (SSSR count). The highest BCUT2D eigenvalue weighted by Crippen LogP contribution is 2.41. The minimum absolute atomic E-state index is 0.0678. The molecule has 0 bridgehead atoms. The lowest BCUT2D eigenvalue weighted by Crippen LogP contribution is -2.61. The molecule has 1 heterocycles. The van der Waals surface area contributed by atoms with Gasteiger partial charge in [-0.3, -0.25) is 87.4 Å². The average Bonchev–Trinajstić information content (AvgIpc) is 0.791. The van der Waals surface area contributed by atoms with Crippen molar-refractivity contribution in [2.24, 2.45) is 28.7 Å². The Balaban J connectivity index is 0.000000569. The van der Waals surface area contributed by atoms with Gasteiger partial charge >= 0.3 is 47.8 Å². The number of nitro groups is 2. The first-order valence-corrected chi connectivity index (χ1v) is 32.9. The van der Waals surface area contributed by atoms with Crippen molar-refractivity contribution in [3.8, 4) is 11.5 Å². The lowest BCUT2D eigenvalue weighted by molar-refractivity contribution is -0.387. The quantitative estimate of drug-likeness (QED) is 0.0143. The number of aliphatic carboxylic acids is 8. The van der Waals surface area contributed by atoms with Crippen molar-refractivity contribution in [3.05, 3.63) is 85.4 Å². The Hall–Kier alpha value is -11.6. The zero-order valence-corrected chi connectivity index (χ0v) is 57.3. The van der Waals surface area contributed by atoms with Crippen LogP contribution < -0.4 is 65.3 Å². The molecule has 47 nitrogen and oxygen atoms in total. The van der Waals surface area contributed by atoms with Crippen molar-refractivity contribution in [3.63, 3.8) is 0 Å². The maximum absolute atomic E-state index is 12.7. The predicted molar refractivity (Wildman–Crippen MR) is 358 cm³/mol. The second-order valence-electron chi connectivity index (χ2n) is 21.7. The number of benzene rings is 3. The number of ether oxygens (including phenoxy) is 2. The number of nitrogens with one attached hydrogen (secondary N) is 6. The summed E-state index contributed by atoms with van der Waals surface area (Å²) in [5.41, 5.74) is 24.7. The number of rotatable bonds is 41. The molecule has 0 aromatic heterocycles. The normalized spacial score (nSPS) is 16.6. The molecular weight excluding hydrogens is 1510 g/mol. The topological polar surface area (TPSA) is 823 Å². The molecule has 586 valence electrons. The molecule has 28 N–H and O–H groups in total. The summed E-state index contributed by atoms with van der Waals surface area (Å²) in [6.07, 6.45) is -12.3. The van der Waals surface area contributed by atoms with E-state index in [1.165, 1.54) is 24.3 Å². The van der Waals surface area contributed by atoms with Gasteiger partial charge in [0.25, 0.3) is 17.3 Å². The van der Waals surface area contributed by atoms with Gasteiger partial charge in [0.15, 0.2) is 6.10 Å². The van der Waals surface area contributed by atoms with Crippen LogP contribution in [0.3, 0.4) is 0 Å². The number of carboxylic acids is 8. The first-order chi connectivity index (χ1) is 49.9. The van der Waals surface area contributed by atoms with Gasteiger partial charge < -0.3 is 131 Å². The van der Waals surface area contributed by atoms with Gasteiger partial charge in [-0.15, -0.1) is 35.3 Å². The number of primary amides is 2. The van der Waals surface area contributed by atoms with E-state index in [2.05, 4.69) is 21.3 Å². The highest BCUT2D eigenvalue weighted by Gasteiger charge is 2.48. The fourth-order valence-electron chi connectivity index (χ4n) is 8.01. The van der Waals surface area contributed by atoms with Gasteiger partial charge in [-0.2, -0.15) is 0 Å². The number of nitrogens with two attached hydrogens (primary N) is 5. The van der Waals surface area contributed by atoms with Crippen LogP contribution >= 0.6 is 35.3 Å². The summed E-state index contributed by atoms with van der Waals surface area (Å²) in [6, 6.07) is 0.525. The molecule has 1 fully saturated rings. The second kappa shape index (κ2) is 44.2. The van der Waals surface area contributed by atoms with E-state index in [1.807, 2.05) is 10.6 Å². The molecule has 11 atom stereocenters. The molecule has 3 aromatic rings. The number of carbonyl (C=O) groups excluding carboxylic acids is 8. The Labute approximate surface area is 611 Å². The summed E-state index contributed by atoms with van der Waals surface area (Å²) in [5, 5.41) is 148. The van der Waals surface area contributed by atoms with E-state index >= 15 is 0 Å². The largest absolute Gasteiger partial charge is 0.507 e. The Bertz CT molecular complexity index is 3850. The monoisotopic (exact) mass is 1580 g/mol. The maximum atomic E-state index is 12.7. The maximum Gasteiger partial charge on any atom is 0.335 e. The first-order valence-electron chi connectivity index (χ1n) is 29.9. The van der Waals surface area contributed by atoms with Crippen molar-refractivity contribution in [1.82, 2.24) is 31.9 Å². The number of hydrogen-bond donors (Lipinski definition) is 23. The van der Waals surface area contributed by atoms with Crippen LogP contribution in [0.5, 0.6) is 11.5 Å². The Morgan fingerprint density at radius 3 is 1.22 bits per heavy atom. The third kappa shape index (κ3) is 31.7. The molecular formula is C57H71N13O34S3. The standard InChI is InChI=1S/C25H32N4O17S.C17H21N5O9S.C15H18N4O8S/c26-9(23(41)42)1-2-13(31)29-10(22(40)28-6-15(34)35)7-47-20-11(30)3-8(21(39)27-5-14(32)33)4-12(20)45-25-18(38)16(36)17(37)19(46-25)24(43)44;18-9(17(28)29)2-4-13(23)21-10(16(27)20-6-14(24)25)7-32-12-3-1-8(15(19)26)5-11(12)22(30)31;16-8(14(22)23)2-4-12(20)18-9(15(24)25)6-28-11-3-1-7(13(17)21)5-10(11)19(26)27/h3-4,9-10,16-19,25,30,36-38H,1-2,5-7,26H2,(H,27,39)(H,28,40)(H,29,31)(H,32,33)(H,34,35)(H,41,42)(H,43,44);1,3,5,9-10H,2,4,6-7,18H2,(H2,19,26)(H,20,27)(H,21,23)(H,24,25)(H,28,29);1,3,5,8-9H,2,4,6,16H2,(H2,17,21)(H,18,20)(H,22,23)(H,24,25)/t9?,10?,16-,17-,18+,19?,25?;;/m0../s1. The first kappa shape index (κ1) is 91.4. The third-order valence-electron chi connectivity index (χ3n) is 13.6. The van der Waals surface area contributed by atoms with Gasteiger partial charge in [0.2, 0.25) is 47.6 Å². The fourth-order valence-corrected chi connectivity index (χ4v) is 11.1. The van der Waals surface area contributed by atoms with Gasteiger partial charge in [0.05, 0.1) is 24.5 Å². The molecule has 1 aliphatic rings. The van der Waals surface area contributed by atoms with Crippen LogP contribution in [0.25, 0.3) is 0 Å². The number of phenols is 1. The lowest BCUT2D eigenvalue weighted by Gasteiger charge is -2.38. The number of carboxylic acid groups (broad SMARTS) is 8. The molecule has 0 saturated carbocycles. The molecule has 1 aliphatic heterocycles. The average molecular weight is 1580 g/mol. The number of aromatic hydroxyl groups is 1. The van der Waals surface area contributed by atoms with E-state index in [0.717, 1.165) is 47.8 Å². The number of phenolic OH excluding ortho intramolecular Hbond substituents is 1. The molecule has 0 radical (unpaired) electrons. The van der Waals surface area contributed by atoms with Gasteiger partial charge in [-0.05, 0) is 55.7 Å². The Morgan fingerprint density at radius 1 is 0.495 bits per heavy atom. The lowest BCUT2D eigenvalue weighted by atomic mass is 9.99. The molecule has 8 amide bonds. The van der Waals surface area contributed by atoms with Crippen molar-refractivity contribution < 1.29 is 157 Å². The van der Waals surface area contributed by atoms with Crippen LogP contribution in [0, 0.1) is 20.2 Å². The van der Waals surface area contributed by atoms with E-state index in [-0.39, 0.29) is 69.4 Å². The van der Waals surface area contributed by atoms with E-state index in [1.54, 1.807) is 0 Å². The summed E-state index contributed by atoms with van der Waals surface area (Å²) >= 11 is 2.14. The van der Waals surface area contributed by atoms with E-state index in [9.17, 15) is 128 Å². The second-order valence-corrected chi connectivity index (χ2v) is 24.8. The number of amides is 8. The van der Waals surface area contributed by atoms with Crippen LogP contribution in [0.15, 0.2) is 63.2 Å². The van der Waals surface area contributed by atoms with E-state index in [4.69, 9.17) is 68.8 Å². The number of aliphatic hydroxyl groups excluding tert-OH is 3. The van der Waals surface area contributed by atoms with Crippen molar-refractivity contribution >= 4 is 142 Å². The Morgan fingerprint density at radius 2 is 0.869 bits per heavy atom. The summed E-state index contributed by atoms with van der Waals surface area (Å²) in [4.78, 5) is 205. The van der Waals surface area contributed by atoms with Crippen molar-refractivity contribution in [2.45, 2.75) is 120 Å². The summed E-state index contributed by atoms with van der Waals surface area (Å²) in [7, 11) is 0. The highest BCUT2D eigenvalue weighted by molar-refractivity contribution is 8.00. The number of nitro benzene ring substituents is 2. The number of hydrogen-bond acceptors (Lipinski definition) is 32. The molecule has 8 unspecified atom stereocenters. The zero-order chi connectivity index (χ0) is 81.4. The van der Waals surface area contributed by atoms with Crippen LogP contribution in [0.2, 0.25) is 0 Å². The minimum atomic E-state index is -2.12. The Kier molecular flexibility index (Phi) is 37.8. The highest BCUT2D eigenvalue weighted by atomic mass is 32.2. The predicted octanol–water partition coefficient (Wildman–Crippen LogP) is -6.34. The SMILES string of the molecule is NC(=O)c1ccc(SCC(NC(=O)CCC(N)C(=O)O)C(=O)NCC(=O)O)c([N+](=O)[O-])c1.NC(=O)c1ccc(SCC(NC(=O)CCC(N)C(=O)O)C(=O)O)c([N+](=O)[O-])c1.NC(CCC(=O)NC(CSc1c(O)cc(C(=O)NCC(=O)O)cc1OC1OC(C(=O)O)[C@@H](O)[C@H](O)[C@H]1O)C(=O)NCC(=O)O)C(=O)O. The summed E-state index contributed by atoms with van der Waals surface area (Å²) in [6.45, 7) is -2.44. The molecule has 0 spiro atoms. The number of nitrogens with zero attached hydrogens (tertiary/aromatic N) is 2. The van der Waals surface area contributed by atoms with Gasteiger partial charge in [-0.1, -0.05) is 0 Å². The smallest absolute Gasteiger partial charge is 0.335 e. The summed E-state index contributed by atoms with van der Waals surface area (Å²) < 4.78 is 10.6. The minimum Gasteiger partial charge on any atom is -0.507 e. The van der Waals surface area contributed by atoms with E-state index < -0.39 is 232 Å². The molecule has 0 aliphatic carbocycles. The van der Waals surface area contributed by atoms with Gasteiger partial charge in [0.1, 0.15) is 85.7 Å². The van der Waals surface area contributed by atoms with Crippen molar-refractivity contribution in [2.75, 3.05) is 36.9 Å². The van der Waals surface area contributed by atoms with Crippen LogP contribution in [0.1, 0.15) is 69.6 Å². The fraction of sp³-hybridized carbons (Fsp3) is 0.404. The number of carbonyl (C=O) groups is 16. The summed E-state index contributed by atoms with van der Waals surface area (Å²) in [5.74, 6) is -20.6. The number of aliphatic hydroxyl groups is 3. The van der Waals surface area contributed by atoms with Crippen LogP contribution in [-0.2, 0) is 67.1 Å². The van der Waals surface area contributed by atoms with Gasteiger partial charge in [0, 0.05) is 65.3 Å². The molecule has 107 heavy (non-hydrogen) atoms. The van der Waals surface area contributed by atoms with Crippen molar-refractivity contribution in [1.29, 1.82) is 0 Å². The van der Waals surface area contributed by atoms with Gasteiger partial charge in [-0.25, -0.2) is 9.59 Å². The number of thioether (sulfide) groups is 3. The van der Waals surface area contributed by atoms with E-state index in [0.29, 0.717) is 11.8 Å². The third-order valence-corrected chi connectivity index (χ3v) is 17.1. The zero-order valence-electron chi connectivity index (χ0n) is 54.8. The molecule has 3 aromatic carbocycles.